The van der Waals surface area contributed by atoms with Crippen molar-refractivity contribution in [1.29, 1.82) is 0 Å². The molecule has 2 nitrogen and oxygen atoms in total. The summed E-state index contributed by atoms with van der Waals surface area (Å²) in [4.78, 5) is 5.04. The summed E-state index contributed by atoms with van der Waals surface area (Å²) >= 11 is 1.85. The lowest BCUT2D eigenvalue weighted by Crippen LogP contribution is -2.51. The summed E-state index contributed by atoms with van der Waals surface area (Å²) in [5.74, 6) is 1.42. The van der Waals surface area contributed by atoms with E-state index in [4.69, 9.17) is 4.98 Å². The van der Waals surface area contributed by atoms with Crippen molar-refractivity contribution in [3.63, 3.8) is 0 Å². The van der Waals surface area contributed by atoms with E-state index in [2.05, 4.69) is 52.2 Å². The predicted octanol–water partition coefficient (Wildman–Crippen LogP) is 4.70. The van der Waals surface area contributed by atoms with Crippen molar-refractivity contribution >= 4 is 11.3 Å². The number of hydrogen-bond acceptors (Lipinski definition) is 3. The number of nitrogens with zero attached hydrogens (tertiary/aromatic N) is 1. The van der Waals surface area contributed by atoms with Crippen LogP contribution < -0.4 is 5.32 Å². The highest BCUT2D eigenvalue weighted by atomic mass is 32.1. The van der Waals surface area contributed by atoms with Crippen LogP contribution in [0.2, 0.25) is 0 Å². The Hall–Kier alpha value is -0.410. The summed E-state index contributed by atoms with van der Waals surface area (Å²) in [5.41, 5.74) is 1.48. The van der Waals surface area contributed by atoms with Gasteiger partial charge in [-0.1, -0.05) is 54.4 Å². The zero-order valence-corrected chi connectivity index (χ0v) is 14.7. The number of rotatable bonds is 3. The van der Waals surface area contributed by atoms with Gasteiger partial charge in [0, 0.05) is 10.8 Å². The summed E-state index contributed by atoms with van der Waals surface area (Å²) in [6.45, 7) is 14.8. The second-order valence-electron chi connectivity index (χ2n) is 7.45. The standard InChI is InChI=1S/C17H30N2S/c1-7-18-17(10-8-9-12(2)13(17)3)15-19-14(11-20-15)16(4,5)6/h11-13,18H,7-10H2,1-6H3. The fourth-order valence-electron chi connectivity index (χ4n) is 3.43. The lowest BCUT2D eigenvalue weighted by atomic mass is 9.68. The average Bonchev–Trinajstić information content (AvgIpc) is 2.85. The van der Waals surface area contributed by atoms with Gasteiger partial charge in [-0.15, -0.1) is 11.3 Å². The molecule has 1 fully saturated rings. The second-order valence-corrected chi connectivity index (χ2v) is 8.31. The molecule has 1 saturated carbocycles. The molecular formula is C17H30N2S. The Bertz CT molecular complexity index is 442. The highest BCUT2D eigenvalue weighted by Gasteiger charge is 2.44. The van der Waals surface area contributed by atoms with E-state index in [9.17, 15) is 0 Å². The summed E-state index contributed by atoms with van der Waals surface area (Å²) < 4.78 is 0. The Morgan fingerprint density at radius 3 is 2.65 bits per heavy atom. The van der Waals surface area contributed by atoms with Crippen LogP contribution >= 0.6 is 11.3 Å². The van der Waals surface area contributed by atoms with Gasteiger partial charge in [0.15, 0.2) is 0 Å². The topological polar surface area (TPSA) is 24.9 Å². The van der Waals surface area contributed by atoms with Crippen molar-refractivity contribution in [3.8, 4) is 0 Å². The molecule has 3 atom stereocenters. The van der Waals surface area contributed by atoms with E-state index in [1.165, 1.54) is 30.0 Å². The number of thiazole rings is 1. The molecule has 3 unspecified atom stereocenters. The van der Waals surface area contributed by atoms with E-state index in [1.54, 1.807) is 0 Å². The van der Waals surface area contributed by atoms with Gasteiger partial charge in [0.05, 0.1) is 11.2 Å². The smallest absolute Gasteiger partial charge is 0.113 e. The first-order valence-corrected chi connectivity index (χ1v) is 8.90. The van der Waals surface area contributed by atoms with Gasteiger partial charge in [0.1, 0.15) is 5.01 Å². The molecule has 1 aliphatic rings. The molecular weight excluding hydrogens is 264 g/mol. The molecule has 1 aliphatic carbocycles. The minimum atomic E-state index is 0.0978. The van der Waals surface area contributed by atoms with Crippen molar-refractivity contribution < 1.29 is 0 Å². The van der Waals surface area contributed by atoms with E-state index in [-0.39, 0.29) is 11.0 Å². The highest BCUT2D eigenvalue weighted by Crippen LogP contribution is 2.45. The predicted molar refractivity (Wildman–Crippen MR) is 88.3 cm³/mol. The fraction of sp³-hybridized carbons (Fsp3) is 0.824. The molecule has 0 amide bonds. The molecule has 0 saturated heterocycles. The molecule has 1 aromatic rings. The third-order valence-corrected chi connectivity index (χ3v) is 6.03. The molecule has 114 valence electrons. The van der Waals surface area contributed by atoms with Crippen LogP contribution in [-0.2, 0) is 11.0 Å². The van der Waals surface area contributed by atoms with Gasteiger partial charge < -0.3 is 5.32 Å². The third-order valence-electron chi connectivity index (χ3n) is 5.01. The SMILES string of the molecule is CCNC1(c2nc(C(C)(C)C)cs2)CCCC(C)C1C. The van der Waals surface area contributed by atoms with Gasteiger partial charge in [-0.2, -0.15) is 0 Å². The van der Waals surface area contributed by atoms with Crippen molar-refractivity contribution in [2.45, 2.75) is 71.8 Å². The van der Waals surface area contributed by atoms with E-state index >= 15 is 0 Å². The molecule has 20 heavy (non-hydrogen) atoms. The first-order valence-electron chi connectivity index (χ1n) is 8.02. The van der Waals surface area contributed by atoms with Crippen LogP contribution in [-0.4, -0.2) is 11.5 Å². The Morgan fingerprint density at radius 2 is 2.10 bits per heavy atom. The molecule has 0 aromatic carbocycles. The average molecular weight is 295 g/mol. The number of hydrogen-bond donors (Lipinski definition) is 1. The molecule has 0 aliphatic heterocycles. The molecule has 1 aromatic heterocycles. The Kier molecular flexibility index (Phi) is 4.60. The molecule has 2 rings (SSSR count). The quantitative estimate of drug-likeness (QED) is 0.874. The normalized spacial score (nSPS) is 31.5. The van der Waals surface area contributed by atoms with Crippen molar-refractivity contribution in [1.82, 2.24) is 10.3 Å². The van der Waals surface area contributed by atoms with Gasteiger partial charge in [-0.25, -0.2) is 4.98 Å². The maximum Gasteiger partial charge on any atom is 0.113 e. The summed E-state index contributed by atoms with van der Waals surface area (Å²) in [6.07, 6.45) is 3.89. The first kappa shape index (κ1) is 16.0. The Balaban J connectivity index is 2.40. The minimum Gasteiger partial charge on any atom is -0.305 e. The van der Waals surface area contributed by atoms with E-state index in [1.807, 2.05) is 11.3 Å². The van der Waals surface area contributed by atoms with Crippen molar-refractivity contribution in [3.05, 3.63) is 16.1 Å². The largest absolute Gasteiger partial charge is 0.305 e. The molecule has 0 spiro atoms. The first-order chi connectivity index (χ1) is 9.31. The molecule has 0 radical (unpaired) electrons. The maximum absolute atomic E-state index is 5.04. The van der Waals surface area contributed by atoms with Crippen molar-refractivity contribution in [2.75, 3.05) is 6.54 Å². The van der Waals surface area contributed by atoms with E-state index in [0.29, 0.717) is 5.92 Å². The van der Waals surface area contributed by atoms with E-state index < -0.39 is 0 Å². The van der Waals surface area contributed by atoms with Crippen molar-refractivity contribution in [2.24, 2.45) is 11.8 Å². The van der Waals surface area contributed by atoms with Gasteiger partial charge in [0.2, 0.25) is 0 Å². The van der Waals surface area contributed by atoms with E-state index in [0.717, 1.165) is 12.5 Å². The fourth-order valence-corrected chi connectivity index (χ4v) is 4.78. The zero-order valence-electron chi connectivity index (χ0n) is 13.9. The molecule has 0 bridgehead atoms. The lowest BCUT2D eigenvalue weighted by molar-refractivity contribution is 0.105. The minimum absolute atomic E-state index is 0.0978. The summed E-state index contributed by atoms with van der Waals surface area (Å²) in [7, 11) is 0. The monoisotopic (exact) mass is 294 g/mol. The molecule has 1 N–H and O–H groups in total. The summed E-state index contributed by atoms with van der Waals surface area (Å²) in [6, 6.07) is 0. The van der Waals surface area contributed by atoms with Crippen LogP contribution in [0.3, 0.4) is 0 Å². The third kappa shape index (κ3) is 2.80. The number of nitrogens with one attached hydrogen (secondary N) is 1. The summed E-state index contributed by atoms with van der Waals surface area (Å²) in [5, 5.41) is 7.38. The van der Waals surface area contributed by atoms with Crippen LogP contribution in [0.4, 0.5) is 0 Å². The molecule has 3 heteroatoms. The van der Waals surface area contributed by atoms with Gasteiger partial charge >= 0.3 is 0 Å². The number of aromatic nitrogens is 1. The van der Waals surface area contributed by atoms with Crippen LogP contribution in [0.15, 0.2) is 5.38 Å². The van der Waals surface area contributed by atoms with Gasteiger partial charge in [-0.3, -0.25) is 0 Å². The van der Waals surface area contributed by atoms with Crippen LogP contribution in [0.5, 0.6) is 0 Å². The van der Waals surface area contributed by atoms with Gasteiger partial charge in [0.25, 0.3) is 0 Å². The Morgan fingerprint density at radius 1 is 1.40 bits per heavy atom. The lowest BCUT2D eigenvalue weighted by Gasteiger charge is -2.45. The second kappa shape index (κ2) is 5.76. The highest BCUT2D eigenvalue weighted by molar-refractivity contribution is 7.09. The van der Waals surface area contributed by atoms with Gasteiger partial charge in [-0.05, 0) is 24.8 Å². The van der Waals surface area contributed by atoms with Crippen LogP contribution in [0.1, 0.15) is 71.5 Å². The van der Waals surface area contributed by atoms with Crippen LogP contribution in [0, 0.1) is 11.8 Å². The Labute approximate surface area is 128 Å². The van der Waals surface area contributed by atoms with Crippen LogP contribution in [0.25, 0.3) is 0 Å². The maximum atomic E-state index is 5.04. The zero-order chi connectivity index (χ0) is 15.0. The molecule has 1 heterocycles.